The quantitative estimate of drug-likeness (QED) is 0.921. The Morgan fingerprint density at radius 2 is 1.71 bits per heavy atom. The van der Waals surface area contributed by atoms with Gasteiger partial charge in [0.05, 0.1) is 6.20 Å². The number of carbonyl (C=O) groups is 2. The van der Waals surface area contributed by atoms with E-state index < -0.39 is 23.4 Å². The molecule has 1 aromatic heterocycles. The number of hydrogen-bond acceptors (Lipinski definition) is 6. The van der Waals surface area contributed by atoms with Crippen molar-refractivity contribution in [3.05, 3.63) is 24.0 Å². The van der Waals surface area contributed by atoms with Crippen LogP contribution in [0.4, 0.5) is 9.59 Å². The zero-order chi connectivity index (χ0) is 16.1. The van der Waals surface area contributed by atoms with Gasteiger partial charge in [0.2, 0.25) is 0 Å². The number of rotatable bonds is 3. The zero-order valence-electron chi connectivity index (χ0n) is 13.0. The number of alkyl carbamates (subject to hydrolysis) is 2. The van der Waals surface area contributed by atoms with Crippen LogP contribution >= 0.6 is 0 Å². The van der Waals surface area contributed by atoms with Crippen LogP contribution in [-0.4, -0.2) is 33.6 Å². The van der Waals surface area contributed by atoms with Crippen molar-refractivity contribution in [1.82, 2.24) is 15.5 Å². The van der Waals surface area contributed by atoms with E-state index in [0.29, 0.717) is 6.42 Å². The Labute approximate surface area is 124 Å². The van der Waals surface area contributed by atoms with Gasteiger partial charge in [-0.2, -0.15) is 10.2 Å². The van der Waals surface area contributed by atoms with E-state index in [4.69, 9.17) is 9.47 Å². The number of ether oxygens (including phenoxy) is 2. The first kappa shape index (κ1) is 16.9. The molecule has 1 rings (SSSR count). The molecule has 0 unspecified atom stereocenters. The number of nitrogens with zero attached hydrogens (tertiary/aromatic N) is 2. The molecule has 0 aliphatic carbocycles. The summed E-state index contributed by atoms with van der Waals surface area (Å²) >= 11 is 0. The van der Waals surface area contributed by atoms with Crippen LogP contribution in [-0.2, 0) is 15.9 Å². The highest BCUT2D eigenvalue weighted by Gasteiger charge is 2.26. The zero-order valence-corrected chi connectivity index (χ0v) is 13.0. The number of hydrogen-bond donors (Lipinski definition) is 1. The third-order valence-corrected chi connectivity index (χ3v) is 2.25. The van der Waals surface area contributed by atoms with Crippen LogP contribution < -0.4 is 5.32 Å². The van der Waals surface area contributed by atoms with E-state index in [1.807, 2.05) is 5.32 Å². The molecular formula is C14H21N3O4. The molecule has 7 nitrogen and oxygen atoms in total. The molecule has 2 amide bonds. The summed E-state index contributed by atoms with van der Waals surface area (Å²) in [5.74, 6) is 0. The van der Waals surface area contributed by atoms with Crippen molar-refractivity contribution in [3.63, 3.8) is 0 Å². The van der Waals surface area contributed by atoms with Crippen LogP contribution in [0.1, 0.15) is 40.2 Å². The van der Waals surface area contributed by atoms with Crippen molar-refractivity contribution in [2.75, 3.05) is 0 Å². The number of carbonyl (C=O) groups excluding carboxylic acids is 2. The summed E-state index contributed by atoms with van der Waals surface area (Å²) in [5.41, 5.74) is -0.599. The molecule has 0 aromatic carbocycles. The fourth-order valence-electron chi connectivity index (χ4n) is 1.61. The van der Waals surface area contributed by atoms with E-state index in [-0.39, 0.29) is 0 Å². The molecule has 0 aliphatic rings. The third kappa shape index (κ3) is 7.24. The maximum atomic E-state index is 11.7. The van der Waals surface area contributed by atoms with Gasteiger partial charge in [-0.3, -0.25) is 0 Å². The third-order valence-electron chi connectivity index (χ3n) is 2.25. The Balaban J connectivity index is 2.51. The van der Waals surface area contributed by atoms with E-state index in [2.05, 4.69) is 10.2 Å². The van der Waals surface area contributed by atoms with Crippen molar-refractivity contribution in [1.29, 1.82) is 0 Å². The molecule has 1 heterocycles. The summed E-state index contributed by atoms with van der Waals surface area (Å²) in [6.45, 7) is 8.60. The van der Waals surface area contributed by atoms with Gasteiger partial charge in [0.25, 0.3) is 0 Å². The minimum absolute atomic E-state index is 0.449. The van der Waals surface area contributed by atoms with Crippen LogP contribution in [0.5, 0.6) is 0 Å². The molecule has 0 atom stereocenters. The molecule has 21 heavy (non-hydrogen) atoms. The van der Waals surface area contributed by atoms with Gasteiger partial charge in [-0.05, 0) is 46.2 Å². The summed E-state index contributed by atoms with van der Waals surface area (Å²) in [6.07, 6.45) is 1.91. The topological polar surface area (TPSA) is 90.4 Å². The lowest BCUT2D eigenvalue weighted by Crippen LogP contribution is -2.41. The standard InChI is InChI=1S/C14H21N3O4/c1-13(2,3)20-11(18)17-12(19)21-14(4,5)8-10-6-7-15-16-9-10/h6-7,9H,8H2,1-5H3,(H,17,18,19). The van der Waals surface area contributed by atoms with Gasteiger partial charge in [0, 0.05) is 12.6 Å². The smallest absolute Gasteiger partial charge is 0.417 e. The van der Waals surface area contributed by atoms with E-state index in [1.54, 1.807) is 53.1 Å². The van der Waals surface area contributed by atoms with Crippen LogP contribution in [0.3, 0.4) is 0 Å². The molecule has 0 bridgehead atoms. The monoisotopic (exact) mass is 295 g/mol. The molecule has 0 spiro atoms. The van der Waals surface area contributed by atoms with Crippen molar-refractivity contribution < 1.29 is 19.1 Å². The molecule has 1 N–H and O–H groups in total. The molecule has 0 fully saturated rings. The lowest BCUT2D eigenvalue weighted by Gasteiger charge is -2.25. The Morgan fingerprint density at radius 1 is 1.10 bits per heavy atom. The molecule has 0 saturated carbocycles. The average molecular weight is 295 g/mol. The first-order valence-electron chi connectivity index (χ1n) is 6.56. The summed E-state index contributed by atoms with van der Waals surface area (Å²) in [4.78, 5) is 23.1. The van der Waals surface area contributed by atoms with Gasteiger partial charge in [-0.1, -0.05) is 0 Å². The van der Waals surface area contributed by atoms with E-state index >= 15 is 0 Å². The minimum Gasteiger partial charge on any atom is -0.443 e. The Bertz CT molecular complexity index is 495. The van der Waals surface area contributed by atoms with Gasteiger partial charge in [-0.25, -0.2) is 14.9 Å². The van der Waals surface area contributed by atoms with Crippen molar-refractivity contribution in [3.8, 4) is 0 Å². The van der Waals surface area contributed by atoms with Gasteiger partial charge in [0.15, 0.2) is 0 Å². The molecule has 0 radical (unpaired) electrons. The minimum atomic E-state index is -0.851. The number of amides is 2. The highest BCUT2D eigenvalue weighted by Crippen LogP contribution is 2.16. The predicted molar refractivity (Wildman–Crippen MR) is 75.7 cm³/mol. The van der Waals surface area contributed by atoms with E-state index in [0.717, 1.165) is 5.56 Å². The fourth-order valence-corrected chi connectivity index (χ4v) is 1.61. The summed E-state index contributed by atoms with van der Waals surface area (Å²) in [5, 5.41) is 9.46. The molecule has 0 saturated heterocycles. The van der Waals surface area contributed by atoms with Gasteiger partial charge in [-0.15, -0.1) is 0 Å². The van der Waals surface area contributed by atoms with Crippen LogP contribution in [0.25, 0.3) is 0 Å². The molecule has 7 heteroatoms. The average Bonchev–Trinajstić information content (AvgIpc) is 2.25. The van der Waals surface area contributed by atoms with Crippen LogP contribution in [0.2, 0.25) is 0 Å². The first-order valence-corrected chi connectivity index (χ1v) is 6.56. The van der Waals surface area contributed by atoms with Crippen molar-refractivity contribution >= 4 is 12.2 Å². The molecule has 116 valence electrons. The summed E-state index contributed by atoms with van der Waals surface area (Å²) in [6, 6.07) is 1.78. The SMILES string of the molecule is CC(C)(C)OC(=O)NC(=O)OC(C)(C)Cc1ccnnc1. The fraction of sp³-hybridized carbons (Fsp3) is 0.571. The predicted octanol–water partition coefficient (Wildman–Crippen LogP) is 2.46. The van der Waals surface area contributed by atoms with Gasteiger partial charge in [0.1, 0.15) is 11.2 Å². The second kappa shape index (κ2) is 6.51. The second-order valence-electron chi connectivity index (χ2n) is 6.20. The molecule has 0 aliphatic heterocycles. The highest BCUT2D eigenvalue weighted by atomic mass is 16.6. The van der Waals surface area contributed by atoms with E-state index in [9.17, 15) is 9.59 Å². The van der Waals surface area contributed by atoms with Crippen LogP contribution in [0.15, 0.2) is 18.5 Å². The maximum absolute atomic E-state index is 11.7. The largest absolute Gasteiger partial charge is 0.443 e. The molecular weight excluding hydrogens is 274 g/mol. The number of nitrogens with one attached hydrogen (secondary N) is 1. The lowest BCUT2D eigenvalue weighted by molar-refractivity contribution is 0.0280. The first-order chi connectivity index (χ1) is 9.57. The Morgan fingerprint density at radius 3 is 2.24 bits per heavy atom. The number of aromatic nitrogens is 2. The summed E-state index contributed by atoms with van der Waals surface area (Å²) < 4.78 is 10.2. The lowest BCUT2D eigenvalue weighted by atomic mass is 10.0. The molecule has 1 aromatic rings. The van der Waals surface area contributed by atoms with Gasteiger partial charge >= 0.3 is 12.2 Å². The van der Waals surface area contributed by atoms with E-state index in [1.165, 1.54) is 0 Å². The van der Waals surface area contributed by atoms with Crippen molar-refractivity contribution in [2.24, 2.45) is 0 Å². The highest BCUT2D eigenvalue weighted by molar-refractivity contribution is 5.87. The second-order valence-corrected chi connectivity index (χ2v) is 6.20. The van der Waals surface area contributed by atoms with Gasteiger partial charge < -0.3 is 9.47 Å². The Hall–Kier alpha value is -2.18. The summed E-state index contributed by atoms with van der Waals surface area (Å²) in [7, 11) is 0. The normalized spacial score (nSPS) is 11.7. The number of imide groups is 1. The van der Waals surface area contributed by atoms with Crippen molar-refractivity contribution in [2.45, 2.75) is 52.2 Å². The van der Waals surface area contributed by atoms with Crippen LogP contribution in [0, 0.1) is 0 Å². The Kier molecular flexibility index (Phi) is 5.23. The maximum Gasteiger partial charge on any atom is 0.417 e.